The molecule has 0 saturated heterocycles. The van der Waals surface area contributed by atoms with Gasteiger partial charge in [0.25, 0.3) is 0 Å². The monoisotopic (exact) mass is 416 g/mol. The fourth-order valence-corrected chi connectivity index (χ4v) is 6.09. The van der Waals surface area contributed by atoms with Gasteiger partial charge in [-0.25, -0.2) is 0 Å². The van der Waals surface area contributed by atoms with Crippen LogP contribution in [0.3, 0.4) is 0 Å². The van der Waals surface area contributed by atoms with Crippen molar-refractivity contribution in [3.05, 3.63) is 0 Å². The summed E-state index contributed by atoms with van der Waals surface area (Å²) in [4.78, 5) is 0. The molecule has 0 aromatic carbocycles. The van der Waals surface area contributed by atoms with Crippen LogP contribution in [0.4, 0.5) is 0 Å². The van der Waals surface area contributed by atoms with E-state index in [-0.39, 0.29) is 24.6 Å². The summed E-state index contributed by atoms with van der Waals surface area (Å²) in [5.74, 6) is 0. The molecule has 0 aromatic heterocycles. The summed E-state index contributed by atoms with van der Waals surface area (Å²) < 4.78 is 24.5. The zero-order valence-corrected chi connectivity index (χ0v) is 19.0. The third kappa shape index (κ3) is 12.7. The van der Waals surface area contributed by atoms with Gasteiger partial charge in [0.15, 0.2) is 0 Å². The molecule has 0 aliphatic carbocycles. The van der Waals surface area contributed by atoms with E-state index in [1.165, 1.54) is 0 Å². The van der Waals surface area contributed by atoms with Gasteiger partial charge in [0.1, 0.15) is 0 Å². The minimum absolute atomic E-state index is 0.164. The zero-order chi connectivity index (χ0) is 20.5. The summed E-state index contributed by atoms with van der Waals surface area (Å²) in [7, 11) is 0. The molecule has 6 atom stereocenters. The fourth-order valence-electron chi connectivity index (χ4n) is 2.32. The van der Waals surface area contributed by atoms with E-state index in [9.17, 15) is 0 Å². The van der Waals surface area contributed by atoms with Gasteiger partial charge < -0.3 is 0 Å². The average molecular weight is 416 g/mol. The van der Waals surface area contributed by atoms with Crippen molar-refractivity contribution in [1.82, 2.24) is 16.0 Å². The van der Waals surface area contributed by atoms with Gasteiger partial charge in [0.2, 0.25) is 0 Å². The second-order valence-electron chi connectivity index (χ2n) is 6.81. The summed E-state index contributed by atoms with van der Waals surface area (Å²) in [6.45, 7) is 14.7. The Bertz CT molecular complexity index is 330. The van der Waals surface area contributed by atoms with E-state index < -0.39 is 36.8 Å². The van der Waals surface area contributed by atoms with Crippen molar-refractivity contribution in [1.29, 1.82) is 0 Å². The topological polar surface area (TPSA) is 151 Å². The molecule has 0 bridgehead atoms. The molecule has 0 aliphatic heterocycles. The molecule has 0 rings (SSSR count). The van der Waals surface area contributed by atoms with Crippen LogP contribution in [0, 0.1) is 0 Å². The minimum atomic E-state index is -4.23. The molecule has 0 aliphatic rings. The van der Waals surface area contributed by atoms with Gasteiger partial charge in [-0.05, 0) is 0 Å². The van der Waals surface area contributed by atoms with E-state index >= 15 is 0 Å². The average Bonchev–Trinajstić information content (AvgIpc) is 2.32. The molecule has 9 N–H and O–H groups in total. The van der Waals surface area contributed by atoms with Gasteiger partial charge in [0.05, 0.1) is 0 Å². The Labute approximate surface area is 163 Å². The summed E-state index contributed by atoms with van der Waals surface area (Å²) in [5, 5.41) is 9.21. The Morgan fingerprint density at radius 1 is 0.538 bits per heavy atom. The van der Waals surface area contributed by atoms with Gasteiger partial charge >= 0.3 is 163 Å². The van der Waals surface area contributed by atoms with E-state index in [0.29, 0.717) is 0 Å². The van der Waals surface area contributed by atoms with Gasteiger partial charge in [-0.2, -0.15) is 0 Å². The van der Waals surface area contributed by atoms with Crippen LogP contribution in [0.15, 0.2) is 0 Å². The van der Waals surface area contributed by atoms with E-state index in [0.717, 1.165) is 0 Å². The number of rotatable bonds is 14. The zero-order valence-electron chi connectivity index (χ0n) is 17.4. The van der Waals surface area contributed by atoms with Crippen LogP contribution in [-0.4, -0.2) is 43.3 Å². The summed E-state index contributed by atoms with van der Waals surface area (Å²) >= 11 is -4.23. The molecule has 6 unspecified atom stereocenters. The molecule has 0 radical (unpaired) electrons. The summed E-state index contributed by atoms with van der Waals surface area (Å²) in [5.41, 5.74) is 17.4. The molecule has 0 heterocycles. The first-order valence-electron chi connectivity index (χ1n) is 9.11. The third-order valence-corrected chi connectivity index (χ3v) is 7.03. The fraction of sp³-hybridized carbons (Fsp3) is 1.00. The van der Waals surface area contributed by atoms with Gasteiger partial charge in [0, 0.05) is 0 Å². The standard InChI is InChI=1S/3C4H11N2O.C3H7O.Ti/c3*1-3(5)6-4(2)7;1-3(2)4;/h3*3-4,6H,5H2,1-2H3;3H,1-2H3;/q4*-1;+4. The van der Waals surface area contributed by atoms with Crippen molar-refractivity contribution >= 4 is 0 Å². The van der Waals surface area contributed by atoms with Crippen LogP contribution in [0.1, 0.15) is 55.4 Å². The quantitative estimate of drug-likeness (QED) is 0.169. The van der Waals surface area contributed by atoms with E-state index in [4.69, 9.17) is 30.5 Å². The van der Waals surface area contributed by atoms with Crippen LogP contribution in [-0.2, 0) is 31.4 Å². The first kappa shape index (κ1) is 26.3. The molecule has 10 nitrogen and oxygen atoms in total. The normalized spacial score (nSPS) is 21.7. The number of hydrogen-bond donors (Lipinski definition) is 6. The van der Waals surface area contributed by atoms with Crippen molar-refractivity contribution in [2.45, 2.75) is 98.7 Å². The molecule has 0 aromatic rings. The summed E-state index contributed by atoms with van der Waals surface area (Å²) in [6.07, 6.45) is -2.24. The maximum atomic E-state index is 6.13. The second-order valence-corrected chi connectivity index (χ2v) is 9.85. The van der Waals surface area contributed by atoms with Crippen LogP contribution in [0.5, 0.6) is 0 Å². The van der Waals surface area contributed by atoms with Crippen LogP contribution in [0.25, 0.3) is 0 Å². The predicted octanol–water partition coefficient (Wildman–Crippen LogP) is -0.00400. The molecule has 11 heteroatoms. The molecule has 26 heavy (non-hydrogen) atoms. The van der Waals surface area contributed by atoms with Crippen molar-refractivity contribution in [2.75, 3.05) is 0 Å². The van der Waals surface area contributed by atoms with Crippen molar-refractivity contribution in [3.8, 4) is 0 Å². The van der Waals surface area contributed by atoms with Crippen LogP contribution < -0.4 is 33.2 Å². The number of hydrogen-bond acceptors (Lipinski definition) is 10. The van der Waals surface area contributed by atoms with E-state index in [2.05, 4.69) is 16.0 Å². The second kappa shape index (κ2) is 12.7. The molecule has 0 saturated carbocycles. The Kier molecular flexibility index (Phi) is 12.9. The predicted molar refractivity (Wildman–Crippen MR) is 98.2 cm³/mol. The summed E-state index contributed by atoms with van der Waals surface area (Å²) in [6, 6.07) is 0. The molecule has 0 amide bonds. The van der Waals surface area contributed by atoms with Crippen molar-refractivity contribution in [3.63, 3.8) is 0 Å². The Balaban J connectivity index is 5.45. The van der Waals surface area contributed by atoms with Crippen LogP contribution in [0.2, 0.25) is 0 Å². The Hall–Kier alpha value is 0.314. The van der Waals surface area contributed by atoms with Gasteiger partial charge in [-0.3, -0.25) is 0 Å². The number of nitrogens with one attached hydrogen (secondary N) is 3. The third-order valence-electron chi connectivity index (χ3n) is 2.84. The SMILES string of the molecule is CC(N)NC(C)[O][Ti]([O]C(C)C)([O]C(C)NC(C)N)[O]C(C)NC(C)N. The first-order chi connectivity index (χ1) is 11.8. The molecule has 158 valence electrons. The van der Waals surface area contributed by atoms with E-state index in [1.807, 2.05) is 55.4 Å². The Morgan fingerprint density at radius 2 is 0.808 bits per heavy atom. The Morgan fingerprint density at radius 3 is 1.00 bits per heavy atom. The van der Waals surface area contributed by atoms with E-state index in [1.54, 1.807) is 0 Å². The molecule has 0 fully saturated rings. The van der Waals surface area contributed by atoms with Crippen LogP contribution >= 0.6 is 0 Å². The number of nitrogens with two attached hydrogens (primary N) is 3. The van der Waals surface area contributed by atoms with Gasteiger partial charge in [-0.15, -0.1) is 0 Å². The first-order valence-corrected chi connectivity index (χ1v) is 11.7. The van der Waals surface area contributed by atoms with Crippen molar-refractivity contribution in [2.24, 2.45) is 17.2 Å². The van der Waals surface area contributed by atoms with Gasteiger partial charge in [-0.1, -0.05) is 0 Å². The molecule has 0 spiro atoms. The van der Waals surface area contributed by atoms with Crippen molar-refractivity contribution < 1.29 is 31.4 Å². The molecular formula is C15H40N6O4Ti. The molecular weight excluding hydrogens is 376 g/mol. The maximum absolute atomic E-state index is 6.13.